The summed E-state index contributed by atoms with van der Waals surface area (Å²) in [6, 6.07) is 2.19. The third-order valence-corrected chi connectivity index (χ3v) is 6.63. The maximum absolute atomic E-state index is 12.4. The molecule has 0 aromatic carbocycles. The number of nitrogens with zero attached hydrogens (tertiary/aromatic N) is 4. The van der Waals surface area contributed by atoms with Gasteiger partial charge in [-0.15, -0.1) is 0 Å². The van der Waals surface area contributed by atoms with Gasteiger partial charge in [0.15, 0.2) is 9.84 Å². The van der Waals surface area contributed by atoms with Crippen LogP contribution in [0.25, 0.3) is 0 Å². The summed E-state index contributed by atoms with van der Waals surface area (Å²) in [6.45, 7) is 1.79. The molecule has 3 rings (SSSR count). The van der Waals surface area contributed by atoms with Gasteiger partial charge in [-0.1, -0.05) is 0 Å². The van der Waals surface area contributed by atoms with Crippen molar-refractivity contribution in [3.8, 4) is 0 Å². The average Bonchev–Trinajstić information content (AvgIpc) is 2.96. The van der Waals surface area contributed by atoms with Crippen LogP contribution in [-0.4, -0.2) is 77.3 Å². The molecule has 0 saturated carbocycles. The summed E-state index contributed by atoms with van der Waals surface area (Å²) in [5, 5.41) is 10.8. The Bertz CT molecular complexity index is 872. The highest BCUT2D eigenvalue weighted by molar-refractivity contribution is 7.91. The van der Waals surface area contributed by atoms with Crippen molar-refractivity contribution in [2.75, 3.05) is 37.7 Å². The zero-order valence-corrected chi connectivity index (χ0v) is 14.9. The van der Waals surface area contributed by atoms with Crippen molar-refractivity contribution >= 4 is 21.4 Å². The number of carbonyl (C=O) groups is 1. The molecule has 2 aliphatic heterocycles. The molecule has 1 amide bonds. The van der Waals surface area contributed by atoms with Gasteiger partial charge < -0.3 is 4.90 Å². The molecule has 0 spiro atoms. The normalized spacial score (nSPS) is 23.1. The summed E-state index contributed by atoms with van der Waals surface area (Å²) in [5.74, 6) is 0.0996. The van der Waals surface area contributed by atoms with E-state index < -0.39 is 20.3 Å². The lowest BCUT2D eigenvalue weighted by molar-refractivity contribution is -0.385. The topological polar surface area (TPSA) is 123 Å². The zero-order valence-electron chi connectivity index (χ0n) is 14.1. The molecule has 2 aliphatic rings. The van der Waals surface area contributed by atoms with E-state index in [4.69, 9.17) is 0 Å². The quantitative estimate of drug-likeness (QED) is 0.486. The molecule has 1 atom stereocenters. The summed E-state index contributed by atoms with van der Waals surface area (Å²) in [5.41, 5.74) is -0.719. The monoisotopic (exact) mass is 384 g/mol. The first kappa shape index (κ1) is 18.5. The number of nitro groups is 1. The lowest BCUT2D eigenvalue weighted by atomic mass is 10.2. The average molecular weight is 384 g/mol. The molecule has 142 valence electrons. The van der Waals surface area contributed by atoms with Gasteiger partial charge in [-0.25, -0.2) is 8.42 Å². The summed E-state index contributed by atoms with van der Waals surface area (Å²) in [7, 11) is -2.95. The SMILES string of the molecule is O=C(Cn1cc([N+](=O)[O-])ccc1=O)N1CCN([C@H]2CCS(=O)(=O)C2)CC1. The summed E-state index contributed by atoms with van der Waals surface area (Å²) in [4.78, 5) is 38.1. The molecule has 1 aromatic rings. The number of hydrogen-bond donors (Lipinski definition) is 0. The van der Waals surface area contributed by atoms with Gasteiger partial charge >= 0.3 is 0 Å². The van der Waals surface area contributed by atoms with Crippen LogP contribution in [0.1, 0.15) is 6.42 Å². The van der Waals surface area contributed by atoms with Crippen LogP contribution in [0.15, 0.2) is 23.1 Å². The Balaban J connectivity index is 1.58. The second-order valence-corrected chi connectivity index (χ2v) is 8.81. The van der Waals surface area contributed by atoms with Crippen LogP contribution >= 0.6 is 0 Å². The number of piperazine rings is 1. The van der Waals surface area contributed by atoms with Gasteiger partial charge in [-0.05, 0) is 6.42 Å². The molecule has 11 heteroatoms. The lowest BCUT2D eigenvalue weighted by Gasteiger charge is -2.37. The minimum absolute atomic E-state index is 0.0108. The maximum atomic E-state index is 12.4. The molecular formula is C15H20N4O6S. The number of carbonyl (C=O) groups excluding carboxylic acids is 1. The van der Waals surface area contributed by atoms with Gasteiger partial charge in [0.25, 0.3) is 11.2 Å². The second-order valence-electron chi connectivity index (χ2n) is 6.58. The van der Waals surface area contributed by atoms with Crippen LogP contribution in [0, 0.1) is 10.1 Å². The first-order chi connectivity index (χ1) is 12.2. The van der Waals surface area contributed by atoms with Gasteiger partial charge in [0.1, 0.15) is 6.54 Å². The van der Waals surface area contributed by atoms with E-state index in [1.807, 2.05) is 0 Å². The summed E-state index contributed by atoms with van der Waals surface area (Å²) >= 11 is 0. The molecule has 1 aromatic heterocycles. The van der Waals surface area contributed by atoms with Crippen LogP contribution in [0.5, 0.6) is 0 Å². The molecule has 0 radical (unpaired) electrons. The Labute approximate surface area is 150 Å². The third-order valence-electron chi connectivity index (χ3n) is 4.88. The van der Waals surface area contributed by atoms with Crippen molar-refractivity contribution in [3.05, 3.63) is 38.8 Å². The number of hydrogen-bond acceptors (Lipinski definition) is 7. The molecule has 2 fully saturated rings. The Morgan fingerprint density at radius 3 is 2.50 bits per heavy atom. The van der Waals surface area contributed by atoms with E-state index in [2.05, 4.69) is 4.90 Å². The Morgan fingerprint density at radius 1 is 1.23 bits per heavy atom. The minimum Gasteiger partial charge on any atom is -0.339 e. The van der Waals surface area contributed by atoms with E-state index in [-0.39, 0.29) is 35.7 Å². The van der Waals surface area contributed by atoms with Crippen molar-refractivity contribution in [1.29, 1.82) is 0 Å². The predicted molar refractivity (Wildman–Crippen MR) is 92.6 cm³/mol. The second kappa shape index (κ2) is 7.16. The Kier molecular flexibility index (Phi) is 5.10. The van der Waals surface area contributed by atoms with Gasteiger partial charge in [-0.2, -0.15) is 0 Å². The first-order valence-corrected chi connectivity index (χ1v) is 10.1. The van der Waals surface area contributed by atoms with Crippen molar-refractivity contribution < 1.29 is 18.1 Å². The Morgan fingerprint density at radius 2 is 1.92 bits per heavy atom. The molecule has 26 heavy (non-hydrogen) atoms. The van der Waals surface area contributed by atoms with E-state index >= 15 is 0 Å². The molecule has 2 saturated heterocycles. The highest BCUT2D eigenvalue weighted by atomic mass is 32.2. The summed E-state index contributed by atoms with van der Waals surface area (Å²) in [6.07, 6.45) is 1.69. The van der Waals surface area contributed by atoms with Crippen LogP contribution < -0.4 is 5.56 Å². The Hall–Kier alpha value is -2.27. The van der Waals surface area contributed by atoms with Gasteiger partial charge in [0, 0.05) is 44.4 Å². The highest BCUT2D eigenvalue weighted by Gasteiger charge is 2.34. The van der Waals surface area contributed by atoms with E-state index in [9.17, 15) is 28.1 Å². The van der Waals surface area contributed by atoms with Gasteiger partial charge in [0.05, 0.1) is 22.6 Å². The van der Waals surface area contributed by atoms with Crippen LogP contribution in [0.4, 0.5) is 5.69 Å². The van der Waals surface area contributed by atoms with E-state index in [1.54, 1.807) is 4.90 Å². The van der Waals surface area contributed by atoms with Crippen LogP contribution in [-0.2, 0) is 21.2 Å². The van der Waals surface area contributed by atoms with Gasteiger partial charge in [0.2, 0.25) is 5.91 Å². The van der Waals surface area contributed by atoms with E-state index in [0.717, 1.165) is 22.9 Å². The largest absolute Gasteiger partial charge is 0.339 e. The zero-order chi connectivity index (χ0) is 18.9. The van der Waals surface area contributed by atoms with Gasteiger partial charge in [-0.3, -0.25) is 29.2 Å². The van der Waals surface area contributed by atoms with Crippen molar-refractivity contribution in [3.63, 3.8) is 0 Å². The smallest absolute Gasteiger partial charge is 0.285 e. The fourth-order valence-electron chi connectivity index (χ4n) is 3.40. The van der Waals surface area contributed by atoms with E-state index in [0.29, 0.717) is 32.6 Å². The van der Waals surface area contributed by atoms with Crippen LogP contribution in [0.3, 0.4) is 0 Å². The molecule has 3 heterocycles. The third kappa shape index (κ3) is 4.10. The predicted octanol–water partition coefficient (Wildman–Crippen LogP) is -0.912. The van der Waals surface area contributed by atoms with E-state index in [1.165, 1.54) is 0 Å². The maximum Gasteiger partial charge on any atom is 0.285 e. The number of rotatable bonds is 4. The van der Waals surface area contributed by atoms with Crippen molar-refractivity contribution in [2.24, 2.45) is 0 Å². The lowest BCUT2D eigenvalue weighted by Crippen LogP contribution is -2.53. The molecule has 0 unspecified atom stereocenters. The number of amides is 1. The fourth-order valence-corrected chi connectivity index (χ4v) is 5.16. The van der Waals surface area contributed by atoms with Crippen molar-refractivity contribution in [1.82, 2.24) is 14.4 Å². The fraction of sp³-hybridized carbons (Fsp3) is 0.600. The first-order valence-electron chi connectivity index (χ1n) is 8.32. The highest BCUT2D eigenvalue weighted by Crippen LogP contribution is 2.19. The minimum atomic E-state index is -2.95. The molecule has 0 aliphatic carbocycles. The molecule has 10 nitrogen and oxygen atoms in total. The molecule has 0 N–H and O–H groups in total. The number of pyridine rings is 1. The summed E-state index contributed by atoms with van der Waals surface area (Å²) < 4.78 is 24.2. The molecular weight excluding hydrogens is 364 g/mol. The number of aromatic nitrogens is 1. The van der Waals surface area contributed by atoms with Crippen molar-refractivity contribution in [2.45, 2.75) is 19.0 Å². The molecule has 0 bridgehead atoms. The van der Waals surface area contributed by atoms with Crippen LogP contribution in [0.2, 0.25) is 0 Å². The standard InChI is InChI=1S/C15H20N4O6S/c20-14-2-1-12(19(22)23)9-18(14)10-15(21)17-6-4-16(5-7-17)13-3-8-26(24,25)11-13/h1-2,9,13H,3-8,10-11H2/t13-/m0/s1. The number of sulfone groups is 1.